The summed E-state index contributed by atoms with van der Waals surface area (Å²) in [6, 6.07) is 7.82. The summed E-state index contributed by atoms with van der Waals surface area (Å²) in [4.78, 5) is 26.6. The number of nitrogens with zero attached hydrogens (tertiary/aromatic N) is 4. The molecule has 2 heterocycles. The van der Waals surface area contributed by atoms with Gasteiger partial charge in [-0.2, -0.15) is 10.4 Å². The van der Waals surface area contributed by atoms with E-state index in [0.29, 0.717) is 13.1 Å². The molecular formula is C18H17FN4O2. The smallest absolute Gasteiger partial charge is 0.247 e. The number of carbonyl (C=O) groups is 2. The number of para-hydroxylation sites is 1. The number of likely N-dealkylation sites (tertiary alicyclic amines) is 1. The Bertz CT molecular complexity index is 834. The van der Waals surface area contributed by atoms with E-state index in [1.807, 2.05) is 0 Å². The Morgan fingerprint density at radius 2 is 1.92 bits per heavy atom. The van der Waals surface area contributed by atoms with Gasteiger partial charge in [0.15, 0.2) is 11.7 Å². The molecule has 1 unspecified atom stereocenters. The maximum atomic E-state index is 13.8. The second kappa shape index (κ2) is 7.26. The zero-order chi connectivity index (χ0) is 17.8. The Morgan fingerprint density at radius 1 is 1.20 bits per heavy atom. The first-order valence-corrected chi connectivity index (χ1v) is 8.14. The van der Waals surface area contributed by atoms with Crippen LogP contribution in [-0.2, 0) is 4.79 Å². The summed E-state index contributed by atoms with van der Waals surface area (Å²) in [6.45, 7) is 1.14. The van der Waals surface area contributed by atoms with Crippen LogP contribution in [0, 0.1) is 23.1 Å². The van der Waals surface area contributed by atoms with Gasteiger partial charge in [0.1, 0.15) is 11.5 Å². The third kappa shape index (κ3) is 3.43. The van der Waals surface area contributed by atoms with Crippen LogP contribution in [0.2, 0.25) is 0 Å². The van der Waals surface area contributed by atoms with Crippen molar-refractivity contribution in [3.63, 3.8) is 0 Å². The molecule has 128 valence electrons. The number of piperidine rings is 1. The Labute approximate surface area is 144 Å². The fourth-order valence-electron chi connectivity index (χ4n) is 2.91. The Kier molecular flexibility index (Phi) is 4.89. The van der Waals surface area contributed by atoms with Crippen molar-refractivity contribution >= 4 is 11.7 Å². The van der Waals surface area contributed by atoms with Crippen LogP contribution >= 0.6 is 0 Å². The van der Waals surface area contributed by atoms with E-state index in [1.54, 1.807) is 23.1 Å². The fourth-order valence-corrected chi connectivity index (χ4v) is 2.91. The Balaban J connectivity index is 1.81. The van der Waals surface area contributed by atoms with E-state index >= 15 is 0 Å². The highest BCUT2D eigenvalue weighted by atomic mass is 19.1. The first-order valence-electron chi connectivity index (χ1n) is 8.14. The molecule has 0 saturated carbocycles. The lowest BCUT2D eigenvalue weighted by molar-refractivity contribution is -0.133. The molecular weight excluding hydrogens is 323 g/mol. The zero-order valence-corrected chi connectivity index (χ0v) is 13.6. The van der Waals surface area contributed by atoms with Gasteiger partial charge in [-0.25, -0.2) is 9.07 Å². The predicted molar refractivity (Wildman–Crippen MR) is 87.4 cm³/mol. The molecule has 0 bridgehead atoms. The number of benzene rings is 1. The number of carbonyl (C=O) groups excluding carboxylic acids is 2. The minimum atomic E-state index is -1.39. The monoisotopic (exact) mass is 340 g/mol. The maximum absolute atomic E-state index is 13.8. The molecule has 1 aromatic heterocycles. The van der Waals surface area contributed by atoms with Crippen molar-refractivity contribution in [3.05, 3.63) is 48.0 Å². The molecule has 1 amide bonds. The third-order valence-electron chi connectivity index (χ3n) is 4.27. The molecule has 1 fully saturated rings. The number of Topliss-reactive ketones (excluding diaryl/α,β-unsaturated/α-hetero) is 1. The number of aromatic nitrogens is 2. The lowest BCUT2D eigenvalue weighted by Crippen LogP contribution is -2.41. The fraction of sp³-hybridized carbons (Fsp3) is 0.333. The van der Waals surface area contributed by atoms with Gasteiger partial charge in [0.25, 0.3) is 0 Å². The van der Waals surface area contributed by atoms with Crippen molar-refractivity contribution < 1.29 is 14.0 Å². The molecule has 25 heavy (non-hydrogen) atoms. The molecule has 0 spiro atoms. The first kappa shape index (κ1) is 16.8. The summed E-state index contributed by atoms with van der Waals surface area (Å²) in [5.74, 6) is -2.95. The highest BCUT2D eigenvalue weighted by Crippen LogP contribution is 2.18. The molecule has 1 aliphatic heterocycles. The van der Waals surface area contributed by atoms with Crippen LogP contribution in [0.25, 0.3) is 5.69 Å². The molecule has 2 aromatic rings. The van der Waals surface area contributed by atoms with E-state index in [0.717, 1.165) is 19.3 Å². The van der Waals surface area contributed by atoms with Crippen LogP contribution in [0.3, 0.4) is 0 Å². The van der Waals surface area contributed by atoms with E-state index in [9.17, 15) is 19.2 Å². The van der Waals surface area contributed by atoms with Crippen LogP contribution < -0.4 is 0 Å². The highest BCUT2D eigenvalue weighted by Gasteiger charge is 2.32. The SMILES string of the molecule is N#CC(C(=O)c1cnn(-c2ccccc2F)c1)C(=O)N1CCCCC1. The Morgan fingerprint density at radius 3 is 2.60 bits per heavy atom. The summed E-state index contributed by atoms with van der Waals surface area (Å²) in [7, 11) is 0. The average Bonchev–Trinajstić information content (AvgIpc) is 3.13. The van der Waals surface area contributed by atoms with Crippen molar-refractivity contribution in [1.82, 2.24) is 14.7 Å². The van der Waals surface area contributed by atoms with E-state index < -0.39 is 23.4 Å². The summed E-state index contributed by atoms with van der Waals surface area (Å²) in [5, 5.41) is 13.3. The van der Waals surface area contributed by atoms with Crippen molar-refractivity contribution in [2.75, 3.05) is 13.1 Å². The summed E-state index contributed by atoms with van der Waals surface area (Å²) in [6.07, 6.45) is 5.40. The minimum Gasteiger partial charge on any atom is -0.341 e. The molecule has 1 saturated heterocycles. The molecule has 0 radical (unpaired) electrons. The number of amides is 1. The molecule has 3 rings (SSSR count). The lowest BCUT2D eigenvalue weighted by atomic mass is 9.98. The second-order valence-electron chi connectivity index (χ2n) is 5.94. The van der Waals surface area contributed by atoms with Crippen LogP contribution in [0.5, 0.6) is 0 Å². The van der Waals surface area contributed by atoms with Crippen LogP contribution in [-0.4, -0.2) is 39.5 Å². The number of hydrogen-bond acceptors (Lipinski definition) is 4. The molecule has 0 N–H and O–H groups in total. The molecule has 7 heteroatoms. The van der Waals surface area contributed by atoms with Gasteiger partial charge in [-0.3, -0.25) is 9.59 Å². The molecule has 6 nitrogen and oxygen atoms in total. The second-order valence-corrected chi connectivity index (χ2v) is 5.94. The van der Waals surface area contributed by atoms with Gasteiger partial charge in [0.05, 0.1) is 17.8 Å². The van der Waals surface area contributed by atoms with Crippen LogP contribution in [0.4, 0.5) is 4.39 Å². The van der Waals surface area contributed by atoms with Crippen LogP contribution in [0.1, 0.15) is 29.6 Å². The van der Waals surface area contributed by atoms with Gasteiger partial charge in [-0.1, -0.05) is 12.1 Å². The van der Waals surface area contributed by atoms with Crippen molar-refractivity contribution in [1.29, 1.82) is 5.26 Å². The summed E-state index contributed by atoms with van der Waals surface area (Å²) < 4.78 is 15.0. The van der Waals surface area contributed by atoms with E-state index in [2.05, 4.69) is 5.10 Å². The van der Waals surface area contributed by atoms with E-state index in [4.69, 9.17) is 0 Å². The standard InChI is InChI=1S/C18H17FN4O2/c19-15-6-2-3-7-16(15)23-12-13(11-21-23)17(24)14(10-20)18(25)22-8-4-1-5-9-22/h2-3,6-7,11-12,14H,1,4-5,8-9H2. The van der Waals surface area contributed by atoms with Gasteiger partial charge < -0.3 is 4.90 Å². The predicted octanol–water partition coefficient (Wildman–Crippen LogP) is 2.35. The molecule has 1 atom stereocenters. The summed E-state index contributed by atoms with van der Waals surface area (Å²) in [5.41, 5.74) is 0.303. The molecule has 1 aliphatic rings. The topological polar surface area (TPSA) is 79.0 Å². The van der Waals surface area contributed by atoms with E-state index in [-0.39, 0.29) is 11.3 Å². The number of ketones is 1. The highest BCUT2D eigenvalue weighted by molar-refractivity contribution is 6.11. The minimum absolute atomic E-state index is 0.111. The normalized spacial score (nSPS) is 15.4. The number of rotatable bonds is 4. The van der Waals surface area contributed by atoms with E-state index in [1.165, 1.54) is 29.2 Å². The van der Waals surface area contributed by atoms with Crippen LogP contribution in [0.15, 0.2) is 36.7 Å². The largest absolute Gasteiger partial charge is 0.341 e. The maximum Gasteiger partial charge on any atom is 0.247 e. The average molecular weight is 340 g/mol. The van der Waals surface area contributed by atoms with Crippen molar-refractivity contribution in [2.24, 2.45) is 5.92 Å². The quantitative estimate of drug-likeness (QED) is 0.632. The zero-order valence-electron chi connectivity index (χ0n) is 13.6. The third-order valence-corrected chi connectivity index (χ3v) is 4.27. The Hall–Kier alpha value is -3.01. The van der Waals surface area contributed by atoms with Gasteiger partial charge in [0, 0.05) is 19.3 Å². The van der Waals surface area contributed by atoms with Crippen molar-refractivity contribution in [3.8, 4) is 11.8 Å². The lowest BCUT2D eigenvalue weighted by Gasteiger charge is -2.27. The van der Waals surface area contributed by atoms with Gasteiger partial charge in [0.2, 0.25) is 5.91 Å². The first-order chi connectivity index (χ1) is 12.1. The number of halogens is 1. The van der Waals surface area contributed by atoms with Gasteiger partial charge >= 0.3 is 0 Å². The molecule has 1 aromatic carbocycles. The molecule has 0 aliphatic carbocycles. The number of hydrogen-bond donors (Lipinski definition) is 0. The van der Waals surface area contributed by atoms with Gasteiger partial charge in [-0.05, 0) is 31.4 Å². The number of nitriles is 1. The summed E-state index contributed by atoms with van der Waals surface area (Å²) >= 11 is 0. The van der Waals surface area contributed by atoms with Crippen molar-refractivity contribution in [2.45, 2.75) is 19.3 Å². The van der Waals surface area contributed by atoms with Gasteiger partial charge in [-0.15, -0.1) is 0 Å².